The average Bonchev–Trinajstić information content (AvgIpc) is 2.32. The van der Waals surface area contributed by atoms with Crippen LogP contribution in [0.1, 0.15) is 11.3 Å². The van der Waals surface area contributed by atoms with Crippen LogP contribution in [-0.4, -0.2) is 4.98 Å². The highest BCUT2D eigenvalue weighted by Gasteiger charge is 2.02. The lowest BCUT2D eigenvalue weighted by Gasteiger charge is -2.08. The maximum atomic E-state index is 5.69. The Bertz CT molecular complexity index is 529. The van der Waals surface area contributed by atoms with E-state index in [1.807, 2.05) is 31.2 Å². The highest BCUT2D eigenvalue weighted by Crippen LogP contribution is 2.19. The molecule has 0 atom stereocenters. The summed E-state index contributed by atoms with van der Waals surface area (Å²) in [5, 5.41) is 0. The topological polar surface area (TPSA) is 48.1 Å². The summed E-state index contributed by atoms with van der Waals surface area (Å²) in [6.07, 6.45) is 0. The molecule has 1 heterocycles. The van der Waals surface area contributed by atoms with Gasteiger partial charge in [-0.3, -0.25) is 0 Å². The van der Waals surface area contributed by atoms with Gasteiger partial charge in [-0.1, -0.05) is 34.1 Å². The zero-order chi connectivity index (χ0) is 12.3. The molecule has 1 aromatic carbocycles. The zero-order valence-electron chi connectivity index (χ0n) is 9.48. The largest absolute Gasteiger partial charge is 0.473 e. The number of ether oxygens (including phenoxy) is 1. The Kier molecular flexibility index (Phi) is 3.64. The molecule has 0 unspecified atom stereocenters. The lowest BCUT2D eigenvalue weighted by Crippen LogP contribution is -2.00. The molecule has 4 heteroatoms. The van der Waals surface area contributed by atoms with Crippen LogP contribution in [0, 0.1) is 6.92 Å². The van der Waals surface area contributed by atoms with Gasteiger partial charge in [0.15, 0.2) is 0 Å². The third kappa shape index (κ3) is 2.97. The van der Waals surface area contributed by atoms with Crippen molar-refractivity contribution in [1.29, 1.82) is 0 Å². The highest BCUT2D eigenvalue weighted by molar-refractivity contribution is 9.10. The van der Waals surface area contributed by atoms with Crippen LogP contribution in [0.25, 0.3) is 0 Å². The summed E-state index contributed by atoms with van der Waals surface area (Å²) in [5.74, 6) is 0.590. The molecule has 0 aliphatic heterocycles. The van der Waals surface area contributed by atoms with Gasteiger partial charge in [0.2, 0.25) is 5.88 Å². The van der Waals surface area contributed by atoms with Gasteiger partial charge in [0.25, 0.3) is 0 Å². The highest BCUT2D eigenvalue weighted by atomic mass is 79.9. The molecule has 3 nitrogen and oxygen atoms in total. The summed E-state index contributed by atoms with van der Waals surface area (Å²) < 4.78 is 6.65. The van der Waals surface area contributed by atoms with Crippen LogP contribution in [0.2, 0.25) is 0 Å². The first kappa shape index (κ1) is 11.9. The van der Waals surface area contributed by atoms with Crippen molar-refractivity contribution in [1.82, 2.24) is 4.98 Å². The fourth-order valence-electron chi connectivity index (χ4n) is 1.40. The van der Waals surface area contributed by atoms with Crippen molar-refractivity contribution >= 4 is 21.6 Å². The molecule has 0 aliphatic rings. The summed E-state index contributed by atoms with van der Waals surface area (Å²) in [6, 6.07) is 11.5. The summed E-state index contributed by atoms with van der Waals surface area (Å²) >= 11 is 3.48. The lowest BCUT2D eigenvalue weighted by molar-refractivity contribution is 0.293. The Hall–Kier alpha value is -1.55. The summed E-state index contributed by atoms with van der Waals surface area (Å²) in [5.41, 5.74) is 8.25. The number of rotatable bonds is 3. The van der Waals surface area contributed by atoms with E-state index in [0.717, 1.165) is 15.7 Å². The van der Waals surface area contributed by atoms with Crippen molar-refractivity contribution in [2.75, 3.05) is 5.73 Å². The number of nitrogens with zero attached hydrogens (tertiary/aromatic N) is 1. The number of aryl methyl sites for hydroxylation is 1. The zero-order valence-corrected chi connectivity index (χ0v) is 11.1. The number of nitrogens with two attached hydrogens (primary N) is 1. The van der Waals surface area contributed by atoms with Crippen molar-refractivity contribution in [3.05, 3.63) is 52.1 Å². The molecule has 2 rings (SSSR count). The normalized spacial score (nSPS) is 10.2. The van der Waals surface area contributed by atoms with Crippen molar-refractivity contribution < 1.29 is 4.74 Å². The predicted molar refractivity (Wildman–Crippen MR) is 71.9 cm³/mol. The van der Waals surface area contributed by atoms with Crippen LogP contribution >= 0.6 is 15.9 Å². The molecular weight excluding hydrogens is 280 g/mol. The van der Waals surface area contributed by atoms with Gasteiger partial charge in [-0.05, 0) is 19.1 Å². The number of nitrogen functional groups attached to an aromatic ring is 1. The fourth-order valence-corrected chi connectivity index (χ4v) is 1.80. The Morgan fingerprint density at radius 2 is 2.00 bits per heavy atom. The van der Waals surface area contributed by atoms with E-state index in [2.05, 4.69) is 20.9 Å². The first-order valence-electron chi connectivity index (χ1n) is 5.26. The second-order valence-electron chi connectivity index (χ2n) is 3.70. The van der Waals surface area contributed by atoms with Crippen LogP contribution in [0.15, 0.2) is 40.9 Å². The first-order chi connectivity index (χ1) is 8.16. The Morgan fingerprint density at radius 1 is 1.24 bits per heavy atom. The maximum Gasteiger partial charge on any atom is 0.213 e. The molecule has 0 amide bonds. The number of benzene rings is 1. The van der Waals surface area contributed by atoms with E-state index in [-0.39, 0.29) is 0 Å². The molecule has 0 saturated carbocycles. The van der Waals surface area contributed by atoms with Gasteiger partial charge in [-0.15, -0.1) is 0 Å². The second kappa shape index (κ2) is 5.19. The van der Waals surface area contributed by atoms with Crippen LogP contribution < -0.4 is 10.5 Å². The fraction of sp³-hybridized carbons (Fsp3) is 0.154. The maximum absolute atomic E-state index is 5.69. The standard InChI is InChI=1S/C13H13BrN2O/c1-9-12(15)6-7-13(16-9)17-8-10-4-2-3-5-11(10)14/h2-7H,8,15H2,1H3. The molecule has 0 fully saturated rings. The molecule has 0 radical (unpaired) electrons. The lowest BCUT2D eigenvalue weighted by atomic mass is 10.2. The van der Waals surface area contributed by atoms with E-state index in [0.29, 0.717) is 18.2 Å². The molecule has 1 aromatic heterocycles. The summed E-state index contributed by atoms with van der Waals surface area (Å²) in [6.45, 7) is 2.35. The monoisotopic (exact) mass is 292 g/mol. The molecule has 0 bridgehead atoms. The van der Waals surface area contributed by atoms with Crippen molar-refractivity contribution in [2.24, 2.45) is 0 Å². The number of hydrogen-bond acceptors (Lipinski definition) is 3. The quantitative estimate of drug-likeness (QED) is 0.944. The van der Waals surface area contributed by atoms with Crippen molar-refractivity contribution in [2.45, 2.75) is 13.5 Å². The van der Waals surface area contributed by atoms with Gasteiger partial charge in [0.1, 0.15) is 6.61 Å². The second-order valence-corrected chi connectivity index (χ2v) is 4.56. The SMILES string of the molecule is Cc1nc(OCc2ccccc2Br)ccc1N. The van der Waals surface area contributed by atoms with Crippen molar-refractivity contribution in [3.63, 3.8) is 0 Å². The van der Waals surface area contributed by atoms with E-state index in [9.17, 15) is 0 Å². The summed E-state index contributed by atoms with van der Waals surface area (Å²) in [7, 11) is 0. The summed E-state index contributed by atoms with van der Waals surface area (Å²) in [4.78, 5) is 4.25. The van der Waals surface area contributed by atoms with E-state index < -0.39 is 0 Å². The number of pyridine rings is 1. The Balaban J connectivity index is 2.08. The Morgan fingerprint density at radius 3 is 2.71 bits per heavy atom. The van der Waals surface area contributed by atoms with Gasteiger partial charge in [0.05, 0.1) is 11.4 Å². The molecule has 0 saturated heterocycles. The minimum atomic E-state index is 0.484. The van der Waals surface area contributed by atoms with Gasteiger partial charge >= 0.3 is 0 Å². The van der Waals surface area contributed by atoms with Crippen LogP contribution in [0.4, 0.5) is 5.69 Å². The first-order valence-corrected chi connectivity index (χ1v) is 6.05. The van der Waals surface area contributed by atoms with Crippen LogP contribution in [-0.2, 0) is 6.61 Å². The van der Waals surface area contributed by atoms with Gasteiger partial charge in [0, 0.05) is 16.1 Å². The van der Waals surface area contributed by atoms with E-state index in [1.165, 1.54) is 0 Å². The van der Waals surface area contributed by atoms with Gasteiger partial charge < -0.3 is 10.5 Å². The van der Waals surface area contributed by atoms with E-state index in [1.54, 1.807) is 12.1 Å². The number of halogens is 1. The molecule has 17 heavy (non-hydrogen) atoms. The van der Waals surface area contributed by atoms with Crippen molar-refractivity contribution in [3.8, 4) is 5.88 Å². The molecule has 0 aliphatic carbocycles. The predicted octanol–water partition coefficient (Wildman–Crippen LogP) is 3.31. The minimum absolute atomic E-state index is 0.484. The van der Waals surface area contributed by atoms with Crippen LogP contribution in [0.5, 0.6) is 5.88 Å². The Labute approximate surface area is 109 Å². The van der Waals surface area contributed by atoms with Gasteiger partial charge in [-0.2, -0.15) is 0 Å². The van der Waals surface area contributed by atoms with E-state index in [4.69, 9.17) is 10.5 Å². The molecule has 88 valence electrons. The number of aromatic nitrogens is 1. The molecule has 0 spiro atoms. The number of anilines is 1. The third-order valence-electron chi connectivity index (χ3n) is 2.43. The molecular formula is C13H13BrN2O. The third-order valence-corrected chi connectivity index (χ3v) is 3.21. The minimum Gasteiger partial charge on any atom is -0.473 e. The van der Waals surface area contributed by atoms with Crippen LogP contribution in [0.3, 0.4) is 0 Å². The molecule has 2 aromatic rings. The number of hydrogen-bond donors (Lipinski definition) is 1. The van der Waals surface area contributed by atoms with Gasteiger partial charge in [-0.25, -0.2) is 4.98 Å². The smallest absolute Gasteiger partial charge is 0.213 e. The average molecular weight is 293 g/mol. The van der Waals surface area contributed by atoms with E-state index >= 15 is 0 Å². The molecule has 2 N–H and O–H groups in total.